The van der Waals surface area contributed by atoms with Crippen molar-refractivity contribution < 1.29 is 19.4 Å². The lowest BCUT2D eigenvalue weighted by Crippen LogP contribution is -2.52. The van der Waals surface area contributed by atoms with Crippen LogP contribution in [0.25, 0.3) is 0 Å². The Hall–Kier alpha value is -3.64. The minimum atomic E-state index is -0.736. The summed E-state index contributed by atoms with van der Waals surface area (Å²) in [4.78, 5) is 29.7. The molecular formula is C53H78N6O4. The second-order valence-corrected chi connectivity index (χ2v) is 19.2. The molecule has 7 aliphatic rings. The van der Waals surface area contributed by atoms with E-state index in [0.29, 0.717) is 56.2 Å². The highest BCUT2D eigenvalue weighted by atomic mass is 16.5. The molecule has 344 valence electrons. The van der Waals surface area contributed by atoms with Crippen LogP contribution in [0.5, 0.6) is 0 Å². The zero-order valence-electron chi connectivity index (χ0n) is 38.3. The molecule has 0 spiro atoms. The number of carboxylic acid groups (broad SMARTS) is 1. The van der Waals surface area contributed by atoms with E-state index in [4.69, 9.17) is 4.74 Å². The van der Waals surface area contributed by atoms with Gasteiger partial charge in [0, 0.05) is 82.6 Å². The second-order valence-electron chi connectivity index (χ2n) is 19.2. The molecule has 4 heterocycles. The maximum absolute atomic E-state index is 12.9. The molecule has 3 aromatic rings. The van der Waals surface area contributed by atoms with Gasteiger partial charge in [0.2, 0.25) is 0 Å². The van der Waals surface area contributed by atoms with Crippen molar-refractivity contribution >= 4 is 11.9 Å². The number of hydrogen-bond donors (Lipinski definition) is 5. The second kappa shape index (κ2) is 25.2. The molecule has 5 N–H and O–H groups in total. The fraction of sp³-hybridized carbons (Fsp3) is 0.623. The summed E-state index contributed by atoms with van der Waals surface area (Å²) < 4.78 is 5.62. The number of nitrogens with one attached hydrogen (secondary N) is 4. The molecule has 0 saturated heterocycles. The van der Waals surface area contributed by atoms with E-state index in [1.165, 1.54) is 84.7 Å². The van der Waals surface area contributed by atoms with Gasteiger partial charge in [0.1, 0.15) is 0 Å². The summed E-state index contributed by atoms with van der Waals surface area (Å²) in [5.41, 5.74) is 7.69. The van der Waals surface area contributed by atoms with Crippen LogP contribution >= 0.6 is 0 Å². The van der Waals surface area contributed by atoms with Crippen molar-refractivity contribution in [3.63, 3.8) is 0 Å². The third-order valence-electron chi connectivity index (χ3n) is 14.6. The van der Waals surface area contributed by atoms with Gasteiger partial charge in [0.25, 0.3) is 0 Å². The molecule has 0 aromatic heterocycles. The molecule has 4 aliphatic heterocycles. The number of carbonyl (C=O) groups is 2. The van der Waals surface area contributed by atoms with Crippen molar-refractivity contribution in [3.8, 4) is 0 Å². The Morgan fingerprint density at radius 3 is 1.51 bits per heavy atom. The number of aliphatic carboxylic acids is 1. The number of esters is 1. The van der Waals surface area contributed by atoms with E-state index in [0.717, 1.165) is 84.3 Å². The predicted molar refractivity (Wildman–Crippen MR) is 253 cm³/mol. The van der Waals surface area contributed by atoms with Gasteiger partial charge in [0.05, 0.1) is 19.4 Å². The molecule has 10 nitrogen and oxygen atoms in total. The summed E-state index contributed by atoms with van der Waals surface area (Å²) in [6.07, 6.45) is 16.7. The maximum atomic E-state index is 12.9. The van der Waals surface area contributed by atoms with Gasteiger partial charge in [-0.05, 0) is 90.8 Å². The lowest BCUT2D eigenvalue weighted by Gasteiger charge is -2.41. The summed E-state index contributed by atoms with van der Waals surface area (Å²) in [6.45, 7) is 9.78. The number of nitrogens with zero attached hydrogens (tertiary/aromatic N) is 2. The fourth-order valence-corrected chi connectivity index (χ4v) is 10.8. The van der Waals surface area contributed by atoms with Gasteiger partial charge >= 0.3 is 11.9 Å². The van der Waals surface area contributed by atoms with Gasteiger partial charge in [-0.2, -0.15) is 0 Å². The van der Waals surface area contributed by atoms with Crippen molar-refractivity contribution in [1.82, 2.24) is 31.1 Å². The van der Waals surface area contributed by atoms with E-state index in [-0.39, 0.29) is 18.4 Å². The first-order chi connectivity index (χ1) is 30.9. The minimum Gasteiger partial charge on any atom is -0.481 e. The first-order valence-electron chi connectivity index (χ1n) is 24.9. The van der Waals surface area contributed by atoms with Crippen LogP contribution < -0.4 is 21.3 Å². The quantitative estimate of drug-likeness (QED) is 0.106. The van der Waals surface area contributed by atoms with Crippen molar-refractivity contribution in [1.29, 1.82) is 0 Å². The molecule has 3 aromatic carbocycles. The summed E-state index contributed by atoms with van der Waals surface area (Å²) in [7, 11) is 0. The number of rotatable bonds is 9. The van der Waals surface area contributed by atoms with Gasteiger partial charge in [0.15, 0.2) is 0 Å². The van der Waals surface area contributed by atoms with Crippen molar-refractivity contribution in [2.75, 3.05) is 26.2 Å². The molecule has 6 unspecified atom stereocenters. The van der Waals surface area contributed by atoms with Crippen LogP contribution in [0.4, 0.5) is 0 Å². The molecule has 63 heavy (non-hydrogen) atoms. The first kappa shape index (κ1) is 47.3. The van der Waals surface area contributed by atoms with Gasteiger partial charge < -0.3 is 31.1 Å². The number of carboxylic acids is 1. The number of fused-ring (bicyclic) bond motifs is 3. The third kappa shape index (κ3) is 14.9. The normalized spacial score (nSPS) is 26.2. The number of hydrogen-bond acceptors (Lipinski definition) is 9. The third-order valence-corrected chi connectivity index (χ3v) is 14.6. The Kier molecular flexibility index (Phi) is 18.9. The summed E-state index contributed by atoms with van der Waals surface area (Å²) in [5.74, 6) is -0.229. The largest absolute Gasteiger partial charge is 0.481 e. The Morgan fingerprint density at radius 2 is 1.00 bits per heavy atom. The molecule has 3 saturated carbocycles. The average Bonchev–Trinajstić information content (AvgIpc) is 3.31. The Bertz CT molecular complexity index is 1810. The van der Waals surface area contributed by atoms with E-state index in [9.17, 15) is 14.7 Å². The maximum Gasteiger partial charge on any atom is 0.307 e. The van der Waals surface area contributed by atoms with E-state index in [1.807, 2.05) is 0 Å². The number of ether oxygens (including phenoxy) is 1. The SMILES string of the molecule is CCCCOC(=O)CCN1Cc2ccc(cc2)CNC2CCCCC2CNCc2ccc(cc2)CN(CCC(=O)O)C2CCCCC2NCc2ccc(cc2)CNC2CCCCC21. The molecule has 6 atom stereocenters. The lowest BCUT2D eigenvalue weighted by molar-refractivity contribution is -0.144. The van der Waals surface area contributed by atoms with Crippen LogP contribution in [0.3, 0.4) is 0 Å². The van der Waals surface area contributed by atoms with Crippen molar-refractivity contribution in [3.05, 3.63) is 106 Å². The Morgan fingerprint density at radius 1 is 0.571 bits per heavy atom. The Labute approximate surface area is 378 Å². The summed E-state index contributed by atoms with van der Waals surface area (Å²) >= 11 is 0. The number of benzene rings is 3. The van der Waals surface area contributed by atoms with E-state index in [2.05, 4.69) is 111 Å². The summed E-state index contributed by atoms with van der Waals surface area (Å²) in [5, 5.41) is 25.4. The Balaban J connectivity index is 1.09. The van der Waals surface area contributed by atoms with Crippen molar-refractivity contribution in [2.45, 2.75) is 179 Å². The van der Waals surface area contributed by atoms with Gasteiger partial charge in [-0.3, -0.25) is 19.4 Å². The number of carbonyl (C=O) groups excluding carboxylic acids is 1. The summed E-state index contributed by atoms with van der Waals surface area (Å²) in [6, 6.07) is 29.1. The lowest BCUT2D eigenvalue weighted by atomic mass is 9.84. The topological polar surface area (TPSA) is 118 Å². The molecule has 0 radical (unpaired) electrons. The monoisotopic (exact) mass is 863 g/mol. The highest BCUT2D eigenvalue weighted by Gasteiger charge is 2.32. The van der Waals surface area contributed by atoms with Crippen LogP contribution in [0.15, 0.2) is 72.8 Å². The van der Waals surface area contributed by atoms with E-state index >= 15 is 0 Å². The average molecular weight is 863 g/mol. The minimum absolute atomic E-state index is 0.0900. The van der Waals surface area contributed by atoms with Gasteiger partial charge in [-0.15, -0.1) is 0 Å². The molecule has 3 fully saturated rings. The molecule has 6 bridgehead atoms. The molecule has 10 heteroatoms. The van der Waals surface area contributed by atoms with Crippen molar-refractivity contribution in [2.24, 2.45) is 5.92 Å². The van der Waals surface area contributed by atoms with Crippen LogP contribution in [0.1, 0.15) is 143 Å². The molecule has 10 rings (SSSR count). The predicted octanol–water partition coefficient (Wildman–Crippen LogP) is 8.45. The highest BCUT2D eigenvalue weighted by Crippen LogP contribution is 2.29. The smallest absolute Gasteiger partial charge is 0.307 e. The van der Waals surface area contributed by atoms with Crippen LogP contribution in [-0.4, -0.2) is 83.3 Å². The highest BCUT2D eigenvalue weighted by molar-refractivity contribution is 5.69. The van der Waals surface area contributed by atoms with Crippen LogP contribution in [-0.2, 0) is 53.6 Å². The van der Waals surface area contributed by atoms with Crippen LogP contribution in [0.2, 0.25) is 0 Å². The van der Waals surface area contributed by atoms with E-state index in [1.54, 1.807) is 0 Å². The fourth-order valence-electron chi connectivity index (χ4n) is 10.8. The number of unbranched alkanes of at least 4 members (excludes halogenated alkanes) is 1. The zero-order chi connectivity index (χ0) is 43.6. The van der Waals surface area contributed by atoms with Gasteiger partial charge in [-0.25, -0.2) is 0 Å². The molecule has 0 amide bonds. The van der Waals surface area contributed by atoms with Crippen LogP contribution in [0, 0.1) is 5.92 Å². The van der Waals surface area contributed by atoms with E-state index < -0.39 is 5.97 Å². The standard InChI is InChI=1S/C53H78N6O4/c1-2-3-32-63-53(62)29-31-59-39-45-26-22-43(23-27-45)34-55-47-11-5-4-10-46(47)37-54-33-40-20-24-44(25-21-40)38-58(30-28-52(60)61)50-14-8-6-12-48(50)56-35-41-16-18-42(19-17-41)36-57-49-13-7-9-15-51(49)59/h16-27,46-51,54-57H,2-15,28-39H2,1H3,(H,60,61). The van der Waals surface area contributed by atoms with Gasteiger partial charge in [-0.1, -0.05) is 125 Å². The molecule has 3 aliphatic carbocycles. The molecular weight excluding hydrogens is 785 g/mol. The first-order valence-corrected chi connectivity index (χ1v) is 24.9. The zero-order valence-corrected chi connectivity index (χ0v) is 38.3.